The predicted molar refractivity (Wildman–Crippen MR) is 69.6 cm³/mol. The lowest BCUT2D eigenvalue weighted by molar-refractivity contribution is -0.146. The van der Waals surface area contributed by atoms with Crippen LogP contribution in [-0.2, 0) is 20.9 Å². The Morgan fingerprint density at radius 1 is 1.26 bits per heavy atom. The highest BCUT2D eigenvalue weighted by atomic mass is 16.5. The van der Waals surface area contributed by atoms with E-state index in [9.17, 15) is 9.59 Å². The van der Waals surface area contributed by atoms with Crippen LogP contribution in [0.4, 0.5) is 0 Å². The number of ether oxygens (including phenoxy) is 1. The summed E-state index contributed by atoms with van der Waals surface area (Å²) in [6.07, 6.45) is 1.92. The van der Waals surface area contributed by atoms with Crippen LogP contribution in [0.3, 0.4) is 0 Å². The van der Waals surface area contributed by atoms with Gasteiger partial charge in [0.15, 0.2) is 0 Å². The maximum atomic E-state index is 11.6. The Morgan fingerprint density at radius 3 is 2.53 bits per heavy atom. The minimum Gasteiger partial charge on any atom is -0.481 e. The molecule has 1 fully saturated rings. The summed E-state index contributed by atoms with van der Waals surface area (Å²) in [4.78, 5) is 22.7. The molecule has 1 aromatic rings. The van der Waals surface area contributed by atoms with Crippen LogP contribution in [0, 0.1) is 11.8 Å². The maximum absolute atomic E-state index is 11.6. The van der Waals surface area contributed by atoms with Gasteiger partial charge in [-0.3, -0.25) is 9.59 Å². The third-order valence-electron chi connectivity index (χ3n) is 3.26. The van der Waals surface area contributed by atoms with Gasteiger partial charge in [0.2, 0.25) is 0 Å². The van der Waals surface area contributed by atoms with Crippen LogP contribution in [0.2, 0.25) is 0 Å². The highest BCUT2D eigenvalue weighted by Crippen LogP contribution is 2.32. The molecule has 0 bridgehead atoms. The van der Waals surface area contributed by atoms with Crippen LogP contribution in [-0.4, -0.2) is 23.5 Å². The molecule has 0 heterocycles. The summed E-state index contributed by atoms with van der Waals surface area (Å²) < 4.78 is 5.41. The third-order valence-corrected chi connectivity index (χ3v) is 3.26. The van der Waals surface area contributed by atoms with Gasteiger partial charge in [-0.25, -0.2) is 0 Å². The molecule has 1 atom stereocenters. The minimum absolute atomic E-state index is 0.0655. The van der Waals surface area contributed by atoms with E-state index < -0.39 is 11.9 Å². The zero-order valence-corrected chi connectivity index (χ0v) is 10.7. The van der Waals surface area contributed by atoms with E-state index in [1.807, 2.05) is 30.3 Å². The maximum Gasteiger partial charge on any atom is 0.309 e. The van der Waals surface area contributed by atoms with Crippen molar-refractivity contribution in [2.24, 2.45) is 11.8 Å². The molecule has 2 rings (SSSR count). The fraction of sp³-hybridized carbons (Fsp3) is 0.467. The van der Waals surface area contributed by atoms with Gasteiger partial charge in [0, 0.05) is 12.3 Å². The number of benzene rings is 1. The Labute approximate surface area is 112 Å². The second kappa shape index (κ2) is 6.48. The molecule has 1 aliphatic carbocycles. The molecule has 19 heavy (non-hydrogen) atoms. The summed E-state index contributed by atoms with van der Waals surface area (Å²) in [6, 6.07) is 9.57. The molecule has 1 aromatic carbocycles. The third kappa shape index (κ3) is 4.48. The molecular formula is C15H18O4. The van der Waals surface area contributed by atoms with Gasteiger partial charge in [-0.2, -0.15) is 0 Å². The standard InChI is InChI=1S/C15H18O4/c16-14(12-6-7-12)8-13(15(17)18)10-19-9-11-4-2-1-3-5-11/h1-5,12-13H,6-10H2,(H,17,18). The molecule has 1 aliphatic rings. The summed E-state index contributed by atoms with van der Waals surface area (Å²) in [5.41, 5.74) is 1.00. The number of carbonyl (C=O) groups excluding carboxylic acids is 1. The van der Waals surface area contributed by atoms with E-state index in [1.165, 1.54) is 0 Å². The quantitative estimate of drug-likeness (QED) is 0.780. The van der Waals surface area contributed by atoms with Gasteiger partial charge in [0.25, 0.3) is 0 Å². The Bertz CT molecular complexity index is 437. The van der Waals surface area contributed by atoms with Crippen molar-refractivity contribution in [3.8, 4) is 0 Å². The Morgan fingerprint density at radius 2 is 1.95 bits per heavy atom. The van der Waals surface area contributed by atoms with Gasteiger partial charge in [0.1, 0.15) is 5.78 Å². The van der Waals surface area contributed by atoms with E-state index in [0.717, 1.165) is 18.4 Å². The molecule has 0 spiro atoms. The van der Waals surface area contributed by atoms with Crippen LogP contribution in [0.25, 0.3) is 0 Å². The van der Waals surface area contributed by atoms with Crippen molar-refractivity contribution >= 4 is 11.8 Å². The minimum atomic E-state index is -0.956. The van der Waals surface area contributed by atoms with Gasteiger partial charge in [-0.05, 0) is 18.4 Å². The first kappa shape index (κ1) is 13.7. The lowest BCUT2D eigenvalue weighted by atomic mass is 10.0. The van der Waals surface area contributed by atoms with Crippen molar-refractivity contribution in [1.29, 1.82) is 0 Å². The van der Waals surface area contributed by atoms with Gasteiger partial charge < -0.3 is 9.84 Å². The average Bonchev–Trinajstić information content (AvgIpc) is 3.22. The van der Waals surface area contributed by atoms with E-state index in [2.05, 4.69) is 0 Å². The van der Waals surface area contributed by atoms with Gasteiger partial charge >= 0.3 is 5.97 Å². The molecule has 1 N–H and O–H groups in total. The number of hydrogen-bond acceptors (Lipinski definition) is 3. The molecule has 0 aliphatic heterocycles. The van der Waals surface area contributed by atoms with Crippen molar-refractivity contribution in [2.45, 2.75) is 25.9 Å². The molecule has 4 nitrogen and oxygen atoms in total. The fourth-order valence-corrected chi connectivity index (χ4v) is 1.93. The van der Waals surface area contributed by atoms with Crippen molar-refractivity contribution in [3.05, 3.63) is 35.9 Å². The predicted octanol–water partition coefficient (Wildman–Crippen LogP) is 2.27. The van der Waals surface area contributed by atoms with Crippen molar-refractivity contribution in [2.75, 3.05) is 6.61 Å². The molecule has 0 aromatic heterocycles. The van der Waals surface area contributed by atoms with Gasteiger partial charge in [0.05, 0.1) is 19.1 Å². The number of carboxylic acid groups (broad SMARTS) is 1. The Kier molecular flexibility index (Phi) is 4.68. The summed E-state index contributed by atoms with van der Waals surface area (Å²) in [6.45, 7) is 0.463. The number of carbonyl (C=O) groups is 2. The number of rotatable bonds is 8. The fourth-order valence-electron chi connectivity index (χ4n) is 1.93. The largest absolute Gasteiger partial charge is 0.481 e. The van der Waals surface area contributed by atoms with Crippen molar-refractivity contribution < 1.29 is 19.4 Å². The van der Waals surface area contributed by atoms with Gasteiger partial charge in [-0.1, -0.05) is 30.3 Å². The highest BCUT2D eigenvalue weighted by molar-refractivity contribution is 5.87. The lowest BCUT2D eigenvalue weighted by Crippen LogP contribution is -2.23. The van der Waals surface area contributed by atoms with Crippen molar-refractivity contribution in [1.82, 2.24) is 0 Å². The summed E-state index contributed by atoms with van der Waals surface area (Å²) in [7, 11) is 0. The number of Topliss-reactive ketones (excluding diaryl/α,β-unsaturated/α-hetero) is 1. The van der Waals surface area contributed by atoms with Crippen molar-refractivity contribution in [3.63, 3.8) is 0 Å². The van der Waals surface area contributed by atoms with Crippen LogP contribution in [0.15, 0.2) is 30.3 Å². The highest BCUT2D eigenvalue weighted by Gasteiger charge is 2.32. The molecule has 1 unspecified atom stereocenters. The van der Waals surface area contributed by atoms with E-state index >= 15 is 0 Å². The number of carboxylic acids is 1. The van der Waals surface area contributed by atoms with Crippen LogP contribution in [0.1, 0.15) is 24.8 Å². The molecular weight excluding hydrogens is 244 g/mol. The smallest absolute Gasteiger partial charge is 0.309 e. The second-order valence-corrected chi connectivity index (χ2v) is 4.98. The normalized spacial score (nSPS) is 16.0. The van der Waals surface area contributed by atoms with Gasteiger partial charge in [-0.15, -0.1) is 0 Å². The van der Waals surface area contributed by atoms with Crippen LogP contribution < -0.4 is 0 Å². The number of aliphatic carboxylic acids is 1. The van der Waals surface area contributed by atoms with E-state index in [0.29, 0.717) is 6.61 Å². The summed E-state index contributed by atoms with van der Waals surface area (Å²) in [5, 5.41) is 9.09. The molecule has 0 amide bonds. The van der Waals surface area contributed by atoms with Crippen LogP contribution >= 0.6 is 0 Å². The molecule has 0 radical (unpaired) electrons. The lowest BCUT2D eigenvalue weighted by Gasteiger charge is -2.12. The molecule has 102 valence electrons. The van der Waals surface area contributed by atoms with Crippen LogP contribution in [0.5, 0.6) is 0 Å². The first-order valence-corrected chi connectivity index (χ1v) is 6.54. The first-order valence-electron chi connectivity index (χ1n) is 6.54. The summed E-state index contributed by atoms with van der Waals surface area (Å²) in [5.74, 6) is -1.51. The second-order valence-electron chi connectivity index (χ2n) is 4.98. The zero-order chi connectivity index (χ0) is 13.7. The topological polar surface area (TPSA) is 63.6 Å². The molecule has 1 saturated carbocycles. The number of hydrogen-bond donors (Lipinski definition) is 1. The SMILES string of the molecule is O=C(O)C(COCc1ccccc1)CC(=O)C1CC1. The molecule has 4 heteroatoms. The monoisotopic (exact) mass is 262 g/mol. The number of ketones is 1. The Hall–Kier alpha value is -1.68. The summed E-state index contributed by atoms with van der Waals surface area (Å²) >= 11 is 0. The average molecular weight is 262 g/mol. The zero-order valence-electron chi connectivity index (χ0n) is 10.7. The van der Waals surface area contributed by atoms with E-state index in [-0.39, 0.29) is 24.7 Å². The van der Waals surface area contributed by atoms with E-state index in [1.54, 1.807) is 0 Å². The Balaban J connectivity index is 1.77. The first-order chi connectivity index (χ1) is 9.16. The van der Waals surface area contributed by atoms with E-state index in [4.69, 9.17) is 9.84 Å². The molecule has 0 saturated heterocycles.